The minimum absolute atomic E-state index is 0.174. The van der Waals surface area contributed by atoms with Crippen LogP contribution in [-0.2, 0) is 6.42 Å². The second-order valence-corrected chi connectivity index (χ2v) is 4.29. The topological polar surface area (TPSA) is 45.8 Å². The van der Waals surface area contributed by atoms with Gasteiger partial charge in [0.1, 0.15) is 11.6 Å². The number of aryl methyl sites for hydroxylation is 2. The van der Waals surface area contributed by atoms with E-state index in [1.165, 1.54) is 18.2 Å². The first-order chi connectivity index (χ1) is 8.60. The molecule has 0 saturated heterocycles. The largest absolute Gasteiger partial charge is 0.311 e. The Kier molecular flexibility index (Phi) is 3.55. The fraction of sp³-hybridized carbons (Fsp3) is 0.286. The minimum atomic E-state index is -0.283. The summed E-state index contributed by atoms with van der Waals surface area (Å²) in [7, 11) is 0. The van der Waals surface area contributed by atoms with Crippen LogP contribution in [0.15, 0.2) is 29.1 Å². The molecule has 1 aromatic heterocycles. The van der Waals surface area contributed by atoms with Crippen LogP contribution in [0.1, 0.15) is 24.7 Å². The van der Waals surface area contributed by atoms with Gasteiger partial charge in [-0.1, -0.05) is 6.92 Å². The first kappa shape index (κ1) is 12.5. The highest BCUT2D eigenvalue weighted by molar-refractivity contribution is 5.62. The van der Waals surface area contributed by atoms with Crippen LogP contribution in [0, 0.1) is 12.7 Å². The van der Waals surface area contributed by atoms with Crippen molar-refractivity contribution < 1.29 is 4.39 Å². The number of nitrogens with zero attached hydrogens (tertiary/aromatic N) is 1. The molecule has 1 N–H and O–H groups in total. The van der Waals surface area contributed by atoms with Crippen molar-refractivity contribution >= 4 is 0 Å². The zero-order valence-electron chi connectivity index (χ0n) is 10.5. The smallest absolute Gasteiger partial charge is 0.251 e. The summed E-state index contributed by atoms with van der Waals surface area (Å²) in [4.78, 5) is 18.7. The van der Waals surface area contributed by atoms with E-state index in [-0.39, 0.29) is 11.4 Å². The average molecular weight is 246 g/mol. The Morgan fingerprint density at radius 1 is 1.33 bits per heavy atom. The summed E-state index contributed by atoms with van der Waals surface area (Å²) in [6.07, 6.45) is 1.64. The summed E-state index contributed by atoms with van der Waals surface area (Å²) >= 11 is 0. The van der Waals surface area contributed by atoms with Gasteiger partial charge >= 0.3 is 0 Å². The van der Waals surface area contributed by atoms with Gasteiger partial charge in [-0.05, 0) is 37.1 Å². The first-order valence-electron chi connectivity index (χ1n) is 5.97. The van der Waals surface area contributed by atoms with Gasteiger partial charge in [0.15, 0.2) is 0 Å². The van der Waals surface area contributed by atoms with Gasteiger partial charge in [0, 0.05) is 18.1 Å². The normalized spacial score (nSPS) is 10.6. The Morgan fingerprint density at radius 3 is 2.78 bits per heavy atom. The van der Waals surface area contributed by atoms with Crippen molar-refractivity contribution in [1.82, 2.24) is 9.97 Å². The lowest BCUT2D eigenvalue weighted by Crippen LogP contribution is -2.11. The average Bonchev–Trinajstić information content (AvgIpc) is 2.28. The molecule has 4 heteroatoms. The number of aromatic nitrogens is 2. The number of nitrogens with one attached hydrogen (secondary N) is 1. The Balaban J connectivity index is 2.53. The lowest BCUT2D eigenvalue weighted by molar-refractivity contribution is 0.627. The summed E-state index contributed by atoms with van der Waals surface area (Å²) in [5.41, 5.74) is 1.99. The SMILES string of the molecule is CCCc1nc(-c2ccc(F)cc2C)cc(=O)[nH]1. The van der Waals surface area contributed by atoms with Crippen molar-refractivity contribution in [2.45, 2.75) is 26.7 Å². The number of benzene rings is 1. The van der Waals surface area contributed by atoms with Crippen LogP contribution in [0.5, 0.6) is 0 Å². The van der Waals surface area contributed by atoms with E-state index in [2.05, 4.69) is 9.97 Å². The molecule has 1 heterocycles. The van der Waals surface area contributed by atoms with Crippen molar-refractivity contribution in [3.05, 3.63) is 51.8 Å². The van der Waals surface area contributed by atoms with Crippen LogP contribution >= 0.6 is 0 Å². The van der Waals surface area contributed by atoms with Gasteiger partial charge in [-0.2, -0.15) is 0 Å². The summed E-state index contributed by atoms with van der Waals surface area (Å²) < 4.78 is 13.1. The molecule has 3 nitrogen and oxygen atoms in total. The number of aromatic amines is 1. The third-order valence-electron chi connectivity index (χ3n) is 2.74. The zero-order valence-corrected chi connectivity index (χ0v) is 10.5. The van der Waals surface area contributed by atoms with Crippen molar-refractivity contribution in [2.24, 2.45) is 0 Å². The maximum Gasteiger partial charge on any atom is 0.251 e. The monoisotopic (exact) mass is 246 g/mol. The maximum atomic E-state index is 13.1. The van der Waals surface area contributed by atoms with Crippen LogP contribution in [0.3, 0.4) is 0 Å². The number of rotatable bonds is 3. The van der Waals surface area contributed by atoms with E-state index in [0.29, 0.717) is 11.5 Å². The molecule has 0 unspecified atom stereocenters. The van der Waals surface area contributed by atoms with E-state index in [1.54, 1.807) is 13.0 Å². The third kappa shape index (κ3) is 2.64. The molecule has 0 atom stereocenters. The summed E-state index contributed by atoms with van der Waals surface area (Å²) in [6, 6.07) is 5.92. The molecule has 0 saturated carbocycles. The number of H-pyrrole nitrogens is 1. The van der Waals surface area contributed by atoms with E-state index in [4.69, 9.17) is 0 Å². The predicted molar refractivity (Wildman–Crippen MR) is 69.0 cm³/mol. The van der Waals surface area contributed by atoms with Crippen LogP contribution in [0.4, 0.5) is 4.39 Å². The van der Waals surface area contributed by atoms with Gasteiger partial charge in [-0.15, -0.1) is 0 Å². The quantitative estimate of drug-likeness (QED) is 0.905. The highest BCUT2D eigenvalue weighted by Gasteiger charge is 2.07. The molecule has 1 aromatic carbocycles. The van der Waals surface area contributed by atoms with Crippen molar-refractivity contribution in [1.29, 1.82) is 0 Å². The molecule has 0 aliphatic rings. The Morgan fingerprint density at radius 2 is 2.11 bits per heavy atom. The minimum Gasteiger partial charge on any atom is -0.311 e. The Bertz CT molecular complexity index is 619. The van der Waals surface area contributed by atoms with E-state index in [1.807, 2.05) is 6.92 Å². The molecule has 0 radical (unpaired) electrons. The molecule has 94 valence electrons. The van der Waals surface area contributed by atoms with Crippen molar-refractivity contribution in [3.63, 3.8) is 0 Å². The summed E-state index contributed by atoms with van der Waals surface area (Å²) in [6.45, 7) is 3.83. The van der Waals surface area contributed by atoms with Gasteiger partial charge < -0.3 is 4.98 Å². The lowest BCUT2D eigenvalue weighted by Gasteiger charge is -2.06. The molecular weight excluding hydrogens is 231 g/mol. The van der Waals surface area contributed by atoms with Gasteiger partial charge in [0.05, 0.1) is 5.69 Å². The van der Waals surface area contributed by atoms with Crippen molar-refractivity contribution in [3.8, 4) is 11.3 Å². The summed E-state index contributed by atoms with van der Waals surface area (Å²) in [5.74, 6) is 0.388. The molecular formula is C14H15FN2O. The van der Waals surface area contributed by atoms with Gasteiger partial charge in [-0.3, -0.25) is 4.79 Å². The van der Waals surface area contributed by atoms with E-state index >= 15 is 0 Å². The first-order valence-corrected chi connectivity index (χ1v) is 5.97. The molecule has 0 bridgehead atoms. The molecule has 0 amide bonds. The van der Waals surface area contributed by atoms with Crippen LogP contribution in [0.2, 0.25) is 0 Å². The highest BCUT2D eigenvalue weighted by Crippen LogP contribution is 2.21. The van der Waals surface area contributed by atoms with Gasteiger partial charge in [-0.25, -0.2) is 9.37 Å². The fourth-order valence-corrected chi connectivity index (χ4v) is 1.92. The summed E-state index contributed by atoms with van der Waals surface area (Å²) in [5, 5.41) is 0. The van der Waals surface area contributed by atoms with E-state index in [0.717, 1.165) is 24.0 Å². The van der Waals surface area contributed by atoms with E-state index in [9.17, 15) is 9.18 Å². The molecule has 0 spiro atoms. The van der Waals surface area contributed by atoms with Crippen molar-refractivity contribution in [2.75, 3.05) is 0 Å². The van der Waals surface area contributed by atoms with E-state index < -0.39 is 0 Å². The number of halogens is 1. The maximum absolute atomic E-state index is 13.1. The molecule has 2 aromatic rings. The predicted octanol–water partition coefficient (Wildman–Crippen LogP) is 2.84. The highest BCUT2D eigenvalue weighted by atomic mass is 19.1. The second kappa shape index (κ2) is 5.12. The van der Waals surface area contributed by atoms with Gasteiger partial charge in [0.25, 0.3) is 5.56 Å². The zero-order chi connectivity index (χ0) is 13.1. The number of hydrogen-bond acceptors (Lipinski definition) is 2. The second-order valence-electron chi connectivity index (χ2n) is 4.29. The fourth-order valence-electron chi connectivity index (χ4n) is 1.92. The Hall–Kier alpha value is -1.97. The lowest BCUT2D eigenvalue weighted by atomic mass is 10.1. The van der Waals surface area contributed by atoms with Gasteiger partial charge in [0.2, 0.25) is 0 Å². The molecule has 18 heavy (non-hydrogen) atoms. The molecule has 0 aliphatic carbocycles. The van der Waals surface area contributed by atoms with Crippen LogP contribution in [0.25, 0.3) is 11.3 Å². The Labute approximate surface area is 105 Å². The standard InChI is InChI=1S/C14H15FN2O/c1-3-4-13-16-12(8-14(18)17-13)11-6-5-10(15)7-9(11)2/h5-8H,3-4H2,1-2H3,(H,16,17,18). The third-order valence-corrected chi connectivity index (χ3v) is 2.74. The molecule has 0 fully saturated rings. The number of hydrogen-bond donors (Lipinski definition) is 1. The molecule has 0 aliphatic heterocycles. The van der Waals surface area contributed by atoms with Crippen LogP contribution < -0.4 is 5.56 Å². The molecule has 2 rings (SSSR count). The van der Waals surface area contributed by atoms with Crippen LogP contribution in [-0.4, -0.2) is 9.97 Å².